The molecule has 1 aliphatic heterocycles. The number of rotatable bonds is 5. The second-order valence-corrected chi connectivity index (χ2v) is 7.76. The zero-order valence-electron chi connectivity index (χ0n) is 14.2. The fourth-order valence-electron chi connectivity index (χ4n) is 3.09. The van der Waals surface area contributed by atoms with Gasteiger partial charge in [-0.3, -0.25) is 4.72 Å². The highest BCUT2D eigenvalue weighted by molar-refractivity contribution is 7.92. The summed E-state index contributed by atoms with van der Waals surface area (Å²) in [6, 6.07) is 11.7. The number of nitrogens with zero attached hydrogens (tertiary/aromatic N) is 1. The van der Waals surface area contributed by atoms with Crippen LogP contribution in [-0.2, 0) is 14.8 Å². The molecule has 1 unspecified atom stereocenters. The van der Waals surface area contributed by atoms with Gasteiger partial charge in [-0.05, 0) is 43.2 Å². The van der Waals surface area contributed by atoms with Gasteiger partial charge in [0, 0.05) is 6.61 Å². The van der Waals surface area contributed by atoms with Crippen LogP contribution in [0.4, 0.5) is 5.69 Å². The lowest BCUT2D eigenvalue weighted by Crippen LogP contribution is -2.13. The molecule has 0 radical (unpaired) electrons. The second-order valence-electron chi connectivity index (χ2n) is 6.11. The van der Waals surface area contributed by atoms with E-state index in [1.165, 1.54) is 13.2 Å². The molecule has 1 saturated heterocycles. The van der Waals surface area contributed by atoms with Gasteiger partial charge >= 0.3 is 0 Å². The summed E-state index contributed by atoms with van der Waals surface area (Å²) in [4.78, 5) is 7.86. The van der Waals surface area contributed by atoms with Crippen molar-refractivity contribution in [2.24, 2.45) is 0 Å². The van der Waals surface area contributed by atoms with Gasteiger partial charge in [0.1, 0.15) is 22.6 Å². The fourth-order valence-corrected chi connectivity index (χ4v) is 4.31. The number of sulfonamides is 1. The molecule has 0 spiro atoms. The van der Waals surface area contributed by atoms with E-state index in [-0.39, 0.29) is 11.0 Å². The van der Waals surface area contributed by atoms with Gasteiger partial charge in [0.05, 0.1) is 23.8 Å². The number of hydrogen-bond donors (Lipinski definition) is 2. The number of fused-ring (bicyclic) bond motifs is 1. The molecule has 7 nitrogen and oxygen atoms in total. The molecule has 0 aliphatic carbocycles. The van der Waals surface area contributed by atoms with Gasteiger partial charge in [-0.2, -0.15) is 0 Å². The number of aromatic nitrogens is 2. The van der Waals surface area contributed by atoms with E-state index in [1.54, 1.807) is 36.4 Å². The number of imidazole rings is 1. The molecule has 2 N–H and O–H groups in total. The maximum Gasteiger partial charge on any atom is 0.265 e. The Morgan fingerprint density at radius 3 is 2.88 bits per heavy atom. The van der Waals surface area contributed by atoms with Gasteiger partial charge in [0.25, 0.3) is 10.0 Å². The maximum absolute atomic E-state index is 12.7. The molecule has 26 heavy (non-hydrogen) atoms. The summed E-state index contributed by atoms with van der Waals surface area (Å²) in [6.07, 6.45) is 1.94. The van der Waals surface area contributed by atoms with Crippen molar-refractivity contribution in [3.05, 3.63) is 48.3 Å². The van der Waals surface area contributed by atoms with E-state index < -0.39 is 10.0 Å². The van der Waals surface area contributed by atoms with Gasteiger partial charge in [0.15, 0.2) is 0 Å². The Bertz CT molecular complexity index is 1040. The minimum absolute atomic E-state index is 0.0175. The predicted octanol–water partition coefficient (Wildman–Crippen LogP) is 3.22. The highest BCUT2D eigenvalue weighted by Crippen LogP contribution is 2.30. The summed E-state index contributed by atoms with van der Waals surface area (Å²) in [6.45, 7) is 0.742. The summed E-state index contributed by atoms with van der Waals surface area (Å²) in [5.74, 6) is 1.07. The number of hydrogen-bond acceptors (Lipinski definition) is 5. The summed E-state index contributed by atoms with van der Waals surface area (Å²) < 4.78 is 38.8. The van der Waals surface area contributed by atoms with Crippen LogP contribution in [0.5, 0.6) is 5.75 Å². The average Bonchev–Trinajstić information content (AvgIpc) is 3.30. The number of anilines is 1. The third-order valence-electron chi connectivity index (χ3n) is 4.35. The van der Waals surface area contributed by atoms with Crippen molar-refractivity contribution in [2.75, 3.05) is 18.4 Å². The van der Waals surface area contributed by atoms with E-state index in [0.29, 0.717) is 11.4 Å². The van der Waals surface area contributed by atoms with Crippen LogP contribution >= 0.6 is 0 Å². The molecule has 0 bridgehead atoms. The minimum Gasteiger partial charge on any atom is -0.495 e. The molecule has 3 aromatic rings. The lowest BCUT2D eigenvalue weighted by molar-refractivity contribution is 0.106. The van der Waals surface area contributed by atoms with Crippen molar-refractivity contribution < 1.29 is 17.9 Å². The largest absolute Gasteiger partial charge is 0.495 e. The zero-order valence-corrected chi connectivity index (χ0v) is 15.0. The standard InChI is InChI=1S/C18H19N3O4S/c1-24-15-5-2-3-7-17(15)26(22,23)21-12-8-9-13-14(11-12)20-18(19-13)16-6-4-10-25-16/h2-3,5,7-9,11,16,21H,4,6,10H2,1H3,(H,19,20). The number of H-pyrrole nitrogens is 1. The first-order valence-electron chi connectivity index (χ1n) is 8.34. The van der Waals surface area contributed by atoms with Gasteiger partial charge in [-0.15, -0.1) is 0 Å². The molecule has 2 aromatic carbocycles. The third kappa shape index (κ3) is 3.13. The SMILES string of the molecule is COc1ccccc1S(=O)(=O)Nc1ccc2nc(C3CCCO3)[nH]c2c1. The van der Waals surface area contributed by atoms with E-state index in [2.05, 4.69) is 14.7 Å². The summed E-state index contributed by atoms with van der Waals surface area (Å²) >= 11 is 0. The van der Waals surface area contributed by atoms with Crippen molar-refractivity contribution in [1.29, 1.82) is 0 Å². The molecular formula is C18H19N3O4S. The molecule has 1 fully saturated rings. The van der Waals surface area contributed by atoms with Crippen molar-refractivity contribution >= 4 is 26.7 Å². The van der Waals surface area contributed by atoms with Crippen molar-refractivity contribution in [2.45, 2.75) is 23.8 Å². The summed E-state index contributed by atoms with van der Waals surface area (Å²) in [5.41, 5.74) is 1.98. The molecule has 1 atom stereocenters. The number of ether oxygens (including phenoxy) is 2. The van der Waals surface area contributed by atoms with Gasteiger partial charge in [-0.25, -0.2) is 13.4 Å². The monoisotopic (exact) mass is 373 g/mol. The lowest BCUT2D eigenvalue weighted by Gasteiger charge is -2.11. The van der Waals surface area contributed by atoms with E-state index in [9.17, 15) is 8.42 Å². The molecular weight excluding hydrogens is 354 g/mol. The van der Waals surface area contributed by atoms with Crippen LogP contribution in [0.1, 0.15) is 24.8 Å². The number of para-hydroxylation sites is 1. The summed E-state index contributed by atoms with van der Waals surface area (Å²) in [7, 11) is -2.33. The van der Waals surface area contributed by atoms with E-state index >= 15 is 0 Å². The van der Waals surface area contributed by atoms with Crippen LogP contribution in [0.2, 0.25) is 0 Å². The topological polar surface area (TPSA) is 93.3 Å². The predicted molar refractivity (Wildman–Crippen MR) is 97.8 cm³/mol. The van der Waals surface area contributed by atoms with Crippen molar-refractivity contribution in [3.8, 4) is 5.75 Å². The first-order chi connectivity index (χ1) is 12.6. The molecule has 1 aromatic heterocycles. The van der Waals surface area contributed by atoms with Crippen molar-refractivity contribution in [1.82, 2.24) is 9.97 Å². The number of aromatic amines is 1. The summed E-state index contributed by atoms with van der Waals surface area (Å²) in [5, 5.41) is 0. The Labute approximate surface area is 151 Å². The molecule has 8 heteroatoms. The number of nitrogens with one attached hydrogen (secondary N) is 2. The van der Waals surface area contributed by atoms with Crippen LogP contribution in [0.25, 0.3) is 11.0 Å². The molecule has 1 aliphatic rings. The fraction of sp³-hybridized carbons (Fsp3) is 0.278. The Hall–Kier alpha value is -2.58. The molecule has 4 rings (SSSR count). The van der Waals surface area contributed by atoms with Gasteiger partial charge < -0.3 is 14.5 Å². The highest BCUT2D eigenvalue weighted by atomic mass is 32.2. The quantitative estimate of drug-likeness (QED) is 0.716. The normalized spacial score (nSPS) is 17.5. The molecule has 136 valence electrons. The Morgan fingerprint density at radius 1 is 1.27 bits per heavy atom. The van der Waals surface area contributed by atoms with Gasteiger partial charge in [-0.1, -0.05) is 12.1 Å². The third-order valence-corrected chi connectivity index (χ3v) is 5.77. The first kappa shape index (κ1) is 16.9. The first-order valence-corrected chi connectivity index (χ1v) is 9.82. The Balaban J connectivity index is 1.64. The van der Waals surface area contributed by atoms with Crippen molar-refractivity contribution in [3.63, 3.8) is 0 Å². The van der Waals surface area contributed by atoms with Crippen LogP contribution in [-0.4, -0.2) is 32.1 Å². The second kappa shape index (κ2) is 6.62. The number of methoxy groups -OCH3 is 1. The van der Waals surface area contributed by atoms with Crippen LogP contribution < -0.4 is 9.46 Å². The average molecular weight is 373 g/mol. The minimum atomic E-state index is -3.77. The Kier molecular flexibility index (Phi) is 4.29. The molecule has 0 amide bonds. The van der Waals surface area contributed by atoms with E-state index in [1.807, 2.05) is 0 Å². The highest BCUT2D eigenvalue weighted by Gasteiger charge is 2.22. The van der Waals surface area contributed by atoms with Gasteiger partial charge in [0.2, 0.25) is 0 Å². The van der Waals surface area contributed by atoms with Crippen LogP contribution in [0, 0.1) is 0 Å². The lowest BCUT2D eigenvalue weighted by atomic mass is 10.2. The van der Waals surface area contributed by atoms with Crippen LogP contribution in [0.15, 0.2) is 47.4 Å². The molecule has 0 saturated carbocycles. The smallest absolute Gasteiger partial charge is 0.265 e. The van der Waals surface area contributed by atoms with E-state index in [4.69, 9.17) is 9.47 Å². The molecule has 2 heterocycles. The van der Waals surface area contributed by atoms with Crippen LogP contribution in [0.3, 0.4) is 0 Å². The maximum atomic E-state index is 12.7. The zero-order chi connectivity index (χ0) is 18.1. The number of benzene rings is 2. The van der Waals surface area contributed by atoms with E-state index in [0.717, 1.165) is 36.3 Å². The Morgan fingerprint density at radius 2 is 2.12 bits per heavy atom.